The van der Waals surface area contributed by atoms with Crippen LogP contribution in [0.15, 0.2) is 59.1 Å². The average molecular weight is 335 g/mol. The number of aliphatic hydroxyl groups excluding tert-OH is 1. The highest BCUT2D eigenvalue weighted by Gasteiger charge is 2.22. The van der Waals surface area contributed by atoms with Crippen LogP contribution in [-0.2, 0) is 11.2 Å². The molecule has 2 aromatic rings. The Morgan fingerprint density at radius 3 is 2.35 bits per heavy atom. The number of aliphatic hydroxyl groups is 1. The standard InChI is InChI=1S/C17H19BrO2/c1-2-20-17(13-8-4-3-5-9-13)16(19)12-14-10-6-7-11-15(14)18/h3-11,16-17,19H,2,12H2,1H3. The molecule has 0 saturated heterocycles. The van der Waals surface area contributed by atoms with E-state index < -0.39 is 6.10 Å². The van der Waals surface area contributed by atoms with Gasteiger partial charge in [-0.05, 0) is 24.1 Å². The van der Waals surface area contributed by atoms with E-state index in [4.69, 9.17) is 4.74 Å². The van der Waals surface area contributed by atoms with Crippen LogP contribution in [-0.4, -0.2) is 17.8 Å². The number of benzene rings is 2. The van der Waals surface area contributed by atoms with Gasteiger partial charge < -0.3 is 9.84 Å². The second-order valence-corrected chi connectivity index (χ2v) is 5.50. The van der Waals surface area contributed by atoms with Gasteiger partial charge in [-0.2, -0.15) is 0 Å². The van der Waals surface area contributed by atoms with Crippen molar-refractivity contribution >= 4 is 15.9 Å². The Morgan fingerprint density at radius 2 is 1.70 bits per heavy atom. The molecule has 1 N–H and O–H groups in total. The lowest BCUT2D eigenvalue weighted by atomic mass is 9.98. The third-order valence-electron chi connectivity index (χ3n) is 3.21. The minimum Gasteiger partial charge on any atom is -0.390 e. The Morgan fingerprint density at radius 1 is 1.05 bits per heavy atom. The van der Waals surface area contributed by atoms with Crippen molar-refractivity contribution < 1.29 is 9.84 Å². The van der Waals surface area contributed by atoms with E-state index in [2.05, 4.69) is 15.9 Å². The van der Waals surface area contributed by atoms with Gasteiger partial charge in [-0.1, -0.05) is 64.5 Å². The first-order valence-electron chi connectivity index (χ1n) is 6.80. The molecule has 0 radical (unpaired) electrons. The van der Waals surface area contributed by atoms with Gasteiger partial charge in [0.1, 0.15) is 6.10 Å². The fraction of sp³-hybridized carbons (Fsp3) is 0.294. The molecule has 0 saturated carbocycles. The van der Waals surface area contributed by atoms with E-state index in [-0.39, 0.29) is 6.10 Å². The Hall–Kier alpha value is -1.16. The van der Waals surface area contributed by atoms with Crippen molar-refractivity contribution in [1.82, 2.24) is 0 Å². The van der Waals surface area contributed by atoms with Gasteiger partial charge in [0.15, 0.2) is 0 Å². The highest BCUT2D eigenvalue weighted by atomic mass is 79.9. The molecule has 0 aliphatic carbocycles. The Labute approximate surface area is 128 Å². The number of halogens is 1. The molecule has 106 valence electrons. The summed E-state index contributed by atoms with van der Waals surface area (Å²) in [6.07, 6.45) is -0.314. The van der Waals surface area contributed by atoms with Crippen LogP contribution in [0.3, 0.4) is 0 Å². The number of ether oxygens (including phenoxy) is 1. The van der Waals surface area contributed by atoms with E-state index in [9.17, 15) is 5.11 Å². The summed E-state index contributed by atoms with van der Waals surface area (Å²) < 4.78 is 6.75. The molecule has 2 aromatic carbocycles. The summed E-state index contributed by atoms with van der Waals surface area (Å²) in [4.78, 5) is 0. The van der Waals surface area contributed by atoms with Crippen LogP contribution in [0.1, 0.15) is 24.2 Å². The van der Waals surface area contributed by atoms with Crippen LogP contribution in [0.25, 0.3) is 0 Å². The molecule has 0 spiro atoms. The number of hydrogen-bond acceptors (Lipinski definition) is 2. The van der Waals surface area contributed by atoms with E-state index in [1.165, 1.54) is 0 Å². The Balaban J connectivity index is 2.16. The van der Waals surface area contributed by atoms with E-state index in [1.807, 2.05) is 61.5 Å². The van der Waals surface area contributed by atoms with Gasteiger partial charge in [-0.15, -0.1) is 0 Å². The normalized spacial score (nSPS) is 13.9. The number of rotatable bonds is 6. The predicted octanol–water partition coefficient (Wildman–Crippen LogP) is 4.13. The molecule has 0 aliphatic heterocycles. The van der Waals surface area contributed by atoms with Gasteiger partial charge in [-0.25, -0.2) is 0 Å². The zero-order valence-electron chi connectivity index (χ0n) is 11.5. The first-order chi connectivity index (χ1) is 9.72. The Kier molecular flexibility index (Phi) is 5.77. The van der Waals surface area contributed by atoms with Gasteiger partial charge in [-0.3, -0.25) is 0 Å². The van der Waals surface area contributed by atoms with Crippen molar-refractivity contribution in [3.05, 3.63) is 70.2 Å². The first-order valence-corrected chi connectivity index (χ1v) is 7.59. The summed E-state index contributed by atoms with van der Waals surface area (Å²) in [7, 11) is 0. The van der Waals surface area contributed by atoms with E-state index in [1.54, 1.807) is 0 Å². The van der Waals surface area contributed by atoms with Crippen molar-refractivity contribution in [2.45, 2.75) is 25.6 Å². The molecule has 0 amide bonds. The van der Waals surface area contributed by atoms with E-state index in [0.717, 1.165) is 15.6 Å². The van der Waals surface area contributed by atoms with Gasteiger partial charge in [0.25, 0.3) is 0 Å². The largest absolute Gasteiger partial charge is 0.390 e. The maximum Gasteiger partial charge on any atom is 0.109 e. The van der Waals surface area contributed by atoms with E-state index >= 15 is 0 Å². The fourth-order valence-electron chi connectivity index (χ4n) is 2.25. The average Bonchev–Trinajstić information content (AvgIpc) is 2.48. The Bertz CT molecular complexity index is 528. The summed E-state index contributed by atoms with van der Waals surface area (Å²) in [5, 5.41) is 10.5. The highest BCUT2D eigenvalue weighted by Crippen LogP contribution is 2.26. The lowest BCUT2D eigenvalue weighted by molar-refractivity contribution is -0.0340. The SMILES string of the molecule is CCOC(c1ccccc1)C(O)Cc1ccccc1Br. The molecule has 0 bridgehead atoms. The molecular formula is C17H19BrO2. The molecule has 20 heavy (non-hydrogen) atoms. The lowest BCUT2D eigenvalue weighted by Gasteiger charge is -2.23. The second kappa shape index (κ2) is 7.58. The molecule has 0 heterocycles. The van der Waals surface area contributed by atoms with Gasteiger partial charge >= 0.3 is 0 Å². The van der Waals surface area contributed by atoms with Gasteiger partial charge in [0.2, 0.25) is 0 Å². The molecule has 2 atom stereocenters. The van der Waals surface area contributed by atoms with Crippen LogP contribution >= 0.6 is 15.9 Å². The van der Waals surface area contributed by atoms with Crippen molar-refractivity contribution in [3.63, 3.8) is 0 Å². The van der Waals surface area contributed by atoms with Crippen molar-refractivity contribution in [3.8, 4) is 0 Å². The minimum atomic E-state index is -0.573. The zero-order chi connectivity index (χ0) is 14.4. The smallest absolute Gasteiger partial charge is 0.109 e. The van der Waals surface area contributed by atoms with Crippen LogP contribution in [0.2, 0.25) is 0 Å². The molecule has 2 rings (SSSR count). The summed E-state index contributed by atoms with van der Waals surface area (Å²) in [5.41, 5.74) is 2.09. The summed E-state index contributed by atoms with van der Waals surface area (Å²) in [6.45, 7) is 2.52. The zero-order valence-corrected chi connectivity index (χ0v) is 13.1. The summed E-state index contributed by atoms with van der Waals surface area (Å²) >= 11 is 3.52. The quantitative estimate of drug-likeness (QED) is 0.860. The predicted molar refractivity (Wildman–Crippen MR) is 84.7 cm³/mol. The third-order valence-corrected chi connectivity index (χ3v) is 3.98. The first kappa shape index (κ1) is 15.2. The molecule has 2 nitrogen and oxygen atoms in total. The molecule has 3 heteroatoms. The van der Waals surface area contributed by atoms with Gasteiger partial charge in [0.05, 0.1) is 6.10 Å². The van der Waals surface area contributed by atoms with Gasteiger partial charge in [0, 0.05) is 17.5 Å². The van der Waals surface area contributed by atoms with Crippen molar-refractivity contribution in [1.29, 1.82) is 0 Å². The van der Waals surface area contributed by atoms with Crippen LogP contribution in [0.4, 0.5) is 0 Å². The summed E-state index contributed by atoms with van der Waals surface area (Å²) in [5.74, 6) is 0. The molecule has 0 fully saturated rings. The van der Waals surface area contributed by atoms with Crippen LogP contribution in [0, 0.1) is 0 Å². The maximum absolute atomic E-state index is 10.5. The lowest BCUT2D eigenvalue weighted by Crippen LogP contribution is -2.24. The molecule has 2 unspecified atom stereocenters. The topological polar surface area (TPSA) is 29.5 Å². The molecular weight excluding hydrogens is 316 g/mol. The van der Waals surface area contributed by atoms with E-state index in [0.29, 0.717) is 13.0 Å². The third kappa shape index (κ3) is 3.92. The minimum absolute atomic E-state index is 0.298. The van der Waals surface area contributed by atoms with Crippen molar-refractivity contribution in [2.75, 3.05) is 6.61 Å². The number of hydrogen-bond donors (Lipinski definition) is 1. The highest BCUT2D eigenvalue weighted by molar-refractivity contribution is 9.10. The fourth-order valence-corrected chi connectivity index (χ4v) is 2.69. The van der Waals surface area contributed by atoms with Crippen molar-refractivity contribution in [2.24, 2.45) is 0 Å². The second-order valence-electron chi connectivity index (χ2n) is 4.65. The maximum atomic E-state index is 10.5. The van der Waals surface area contributed by atoms with Crippen LogP contribution < -0.4 is 0 Å². The monoisotopic (exact) mass is 334 g/mol. The molecule has 0 aromatic heterocycles. The van der Waals surface area contributed by atoms with Crippen LogP contribution in [0.5, 0.6) is 0 Å². The summed E-state index contributed by atoms with van der Waals surface area (Å²) in [6, 6.07) is 17.8. The molecule has 0 aliphatic rings.